The van der Waals surface area contributed by atoms with Crippen molar-refractivity contribution in [2.45, 2.75) is 6.42 Å². The fourth-order valence-corrected chi connectivity index (χ4v) is 1.17. The van der Waals surface area contributed by atoms with Gasteiger partial charge in [0, 0.05) is 19.2 Å². The van der Waals surface area contributed by atoms with Gasteiger partial charge >= 0.3 is 0 Å². The van der Waals surface area contributed by atoms with Gasteiger partial charge in [0.2, 0.25) is 5.88 Å². The Balaban J connectivity index is 3.05. The number of aliphatic hydroxyl groups excluding tert-OH is 1. The molecule has 1 aromatic rings. The molecule has 0 saturated carbocycles. The molecule has 1 aromatic heterocycles. The van der Waals surface area contributed by atoms with Crippen molar-refractivity contribution in [3.8, 4) is 11.6 Å². The third-order valence-electron chi connectivity index (χ3n) is 1.75. The van der Waals surface area contributed by atoms with E-state index in [2.05, 4.69) is 4.98 Å². The van der Waals surface area contributed by atoms with E-state index in [1.54, 1.807) is 26.5 Å². The quantitative estimate of drug-likeness (QED) is 0.744. The van der Waals surface area contributed by atoms with Gasteiger partial charge < -0.3 is 14.6 Å². The Labute approximate surface area is 77.1 Å². The summed E-state index contributed by atoms with van der Waals surface area (Å²) in [5.74, 6) is 1.20. The summed E-state index contributed by atoms with van der Waals surface area (Å²) in [6.45, 7) is 0.0540. The lowest BCUT2D eigenvalue weighted by atomic mass is 10.2. The summed E-state index contributed by atoms with van der Waals surface area (Å²) in [6, 6.07) is 1.74. The van der Waals surface area contributed by atoms with Crippen molar-refractivity contribution in [1.29, 1.82) is 0 Å². The second kappa shape index (κ2) is 4.67. The highest BCUT2D eigenvalue weighted by molar-refractivity contribution is 5.39. The van der Waals surface area contributed by atoms with Crippen molar-refractivity contribution < 1.29 is 14.6 Å². The van der Waals surface area contributed by atoms with Crippen LogP contribution in [0.25, 0.3) is 0 Å². The first-order chi connectivity index (χ1) is 6.33. The zero-order chi connectivity index (χ0) is 9.68. The second-order valence-corrected chi connectivity index (χ2v) is 2.47. The number of methoxy groups -OCH3 is 2. The second-order valence-electron chi connectivity index (χ2n) is 2.47. The van der Waals surface area contributed by atoms with Crippen molar-refractivity contribution >= 4 is 0 Å². The van der Waals surface area contributed by atoms with Crippen LogP contribution in [-0.2, 0) is 6.42 Å². The van der Waals surface area contributed by atoms with Crippen LogP contribution in [0.3, 0.4) is 0 Å². The Morgan fingerprint density at radius 3 is 2.69 bits per heavy atom. The van der Waals surface area contributed by atoms with Crippen molar-refractivity contribution in [3.05, 3.63) is 17.8 Å². The van der Waals surface area contributed by atoms with Crippen molar-refractivity contribution in [3.63, 3.8) is 0 Å². The summed E-state index contributed by atoms with van der Waals surface area (Å²) in [7, 11) is 3.12. The van der Waals surface area contributed by atoms with Gasteiger partial charge in [0.25, 0.3) is 0 Å². The number of pyridine rings is 1. The lowest BCUT2D eigenvalue weighted by Crippen LogP contribution is -2.01. The number of aliphatic hydroxyl groups is 1. The number of nitrogens with zero attached hydrogens (tertiary/aromatic N) is 1. The van der Waals surface area contributed by atoms with E-state index in [9.17, 15) is 0 Å². The number of hydrogen-bond acceptors (Lipinski definition) is 4. The molecule has 0 atom stereocenters. The third kappa shape index (κ3) is 2.09. The summed E-state index contributed by atoms with van der Waals surface area (Å²) in [5, 5.41) is 8.82. The van der Waals surface area contributed by atoms with Crippen molar-refractivity contribution in [2.75, 3.05) is 20.8 Å². The largest absolute Gasteiger partial charge is 0.496 e. The molecule has 0 amide bonds. The van der Waals surface area contributed by atoms with Gasteiger partial charge in [0.15, 0.2) is 0 Å². The molecule has 1 rings (SSSR count). The third-order valence-corrected chi connectivity index (χ3v) is 1.75. The molecule has 1 heterocycles. The Bertz CT molecular complexity index is 253. The topological polar surface area (TPSA) is 51.6 Å². The maximum atomic E-state index is 8.82. The first-order valence-electron chi connectivity index (χ1n) is 4.00. The maximum absolute atomic E-state index is 8.82. The zero-order valence-electron chi connectivity index (χ0n) is 7.78. The highest BCUT2D eigenvalue weighted by Gasteiger charge is 2.09. The summed E-state index contributed by atoms with van der Waals surface area (Å²) in [4.78, 5) is 4.01. The van der Waals surface area contributed by atoms with E-state index in [1.165, 1.54) is 0 Å². The fraction of sp³-hybridized carbons (Fsp3) is 0.444. The molecule has 0 aromatic carbocycles. The maximum Gasteiger partial charge on any atom is 0.220 e. The minimum atomic E-state index is 0.0540. The van der Waals surface area contributed by atoms with Crippen LogP contribution >= 0.6 is 0 Å². The van der Waals surface area contributed by atoms with E-state index in [0.717, 1.165) is 5.56 Å². The van der Waals surface area contributed by atoms with E-state index in [0.29, 0.717) is 18.1 Å². The molecular weight excluding hydrogens is 170 g/mol. The van der Waals surface area contributed by atoms with Crippen molar-refractivity contribution in [1.82, 2.24) is 4.98 Å². The Hall–Kier alpha value is -1.29. The van der Waals surface area contributed by atoms with Crippen LogP contribution in [0.2, 0.25) is 0 Å². The molecular formula is C9H13NO3. The van der Waals surface area contributed by atoms with E-state index >= 15 is 0 Å². The smallest absolute Gasteiger partial charge is 0.220 e. The Morgan fingerprint density at radius 2 is 2.15 bits per heavy atom. The van der Waals surface area contributed by atoms with Gasteiger partial charge in [-0.2, -0.15) is 0 Å². The van der Waals surface area contributed by atoms with Gasteiger partial charge in [-0.3, -0.25) is 0 Å². The molecule has 0 saturated heterocycles. The normalized spacial score (nSPS) is 9.77. The van der Waals surface area contributed by atoms with Gasteiger partial charge in [-0.15, -0.1) is 0 Å². The first kappa shape index (κ1) is 9.80. The summed E-state index contributed by atoms with van der Waals surface area (Å²) < 4.78 is 10.1. The lowest BCUT2D eigenvalue weighted by Gasteiger charge is -2.10. The monoisotopic (exact) mass is 183 g/mol. The fourth-order valence-electron chi connectivity index (χ4n) is 1.17. The Kier molecular flexibility index (Phi) is 3.52. The van der Waals surface area contributed by atoms with Crippen LogP contribution in [-0.4, -0.2) is 30.9 Å². The molecule has 1 N–H and O–H groups in total. The highest BCUT2D eigenvalue weighted by Crippen LogP contribution is 2.25. The van der Waals surface area contributed by atoms with Crippen LogP contribution in [0, 0.1) is 0 Å². The van der Waals surface area contributed by atoms with E-state index in [1.807, 2.05) is 0 Å². The van der Waals surface area contributed by atoms with E-state index < -0.39 is 0 Å². The number of rotatable bonds is 4. The number of hydrogen-bond donors (Lipinski definition) is 1. The van der Waals surface area contributed by atoms with Crippen molar-refractivity contribution in [2.24, 2.45) is 0 Å². The van der Waals surface area contributed by atoms with Gasteiger partial charge in [0.1, 0.15) is 5.75 Å². The molecule has 0 fully saturated rings. The number of ether oxygens (including phenoxy) is 2. The predicted octanol–water partition coefficient (Wildman–Crippen LogP) is 0.634. The summed E-state index contributed by atoms with van der Waals surface area (Å²) in [5.41, 5.74) is 0.801. The predicted molar refractivity (Wildman–Crippen MR) is 48.1 cm³/mol. The molecule has 13 heavy (non-hydrogen) atoms. The average Bonchev–Trinajstić information content (AvgIpc) is 2.18. The molecule has 0 aliphatic carbocycles. The molecule has 0 bridgehead atoms. The molecule has 0 radical (unpaired) electrons. The molecule has 4 nitrogen and oxygen atoms in total. The number of aromatic nitrogens is 1. The van der Waals surface area contributed by atoms with Crippen LogP contribution < -0.4 is 9.47 Å². The molecule has 4 heteroatoms. The molecule has 0 unspecified atom stereocenters. The minimum absolute atomic E-state index is 0.0540. The van der Waals surface area contributed by atoms with Gasteiger partial charge in [0.05, 0.1) is 19.8 Å². The van der Waals surface area contributed by atoms with Crippen LogP contribution in [0.15, 0.2) is 12.3 Å². The Morgan fingerprint density at radius 1 is 1.38 bits per heavy atom. The lowest BCUT2D eigenvalue weighted by molar-refractivity contribution is 0.291. The van der Waals surface area contributed by atoms with Gasteiger partial charge in [-0.05, 0) is 6.07 Å². The SMILES string of the molecule is COc1ccnc(OC)c1CCO. The molecule has 0 spiro atoms. The zero-order valence-corrected chi connectivity index (χ0v) is 7.78. The summed E-state index contributed by atoms with van der Waals surface area (Å²) in [6.07, 6.45) is 2.10. The van der Waals surface area contributed by atoms with Gasteiger partial charge in [-0.25, -0.2) is 4.98 Å². The minimum Gasteiger partial charge on any atom is -0.496 e. The first-order valence-corrected chi connectivity index (χ1v) is 4.00. The average molecular weight is 183 g/mol. The van der Waals surface area contributed by atoms with Crippen LogP contribution in [0.1, 0.15) is 5.56 Å². The van der Waals surface area contributed by atoms with Crippen LogP contribution in [0.4, 0.5) is 0 Å². The molecule has 72 valence electrons. The van der Waals surface area contributed by atoms with Crippen LogP contribution in [0.5, 0.6) is 11.6 Å². The van der Waals surface area contributed by atoms with Gasteiger partial charge in [-0.1, -0.05) is 0 Å². The highest BCUT2D eigenvalue weighted by atomic mass is 16.5. The molecule has 0 aliphatic heterocycles. The van der Waals surface area contributed by atoms with E-state index in [4.69, 9.17) is 14.6 Å². The standard InChI is InChI=1S/C9H13NO3/c1-12-8-3-5-10-9(13-2)7(8)4-6-11/h3,5,11H,4,6H2,1-2H3. The molecule has 0 aliphatic rings. The van der Waals surface area contributed by atoms with E-state index in [-0.39, 0.29) is 6.61 Å². The summed E-state index contributed by atoms with van der Waals surface area (Å²) >= 11 is 0.